The fourth-order valence-corrected chi connectivity index (χ4v) is 5.73. The fourth-order valence-electron chi connectivity index (χ4n) is 4.77. The summed E-state index contributed by atoms with van der Waals surface area (Å²) in [4.78, 5) is 70.7. The first kappa shape index (κ1) is 34.4. The van der Waals surface area contributed by atoms with Gasteiger partial charge >= 0.3 is 0 Å². The molecule has 1 aromatic heterocycles. The van der Waals surface area contributed by atoms with E-state index in [2.05, 4.69) is 31.6 Å². The predicted octanol–water partition coefficient (Wildman–Crippen LogP) is 0.260. The molecule has 240 valence electrons. The van der Waals surface area contributed by atoms with Crippen LogP contribution in [0.5, 0.6) is 0 Å². The highest BCUT2D eigenvalue weighted by Gasteiger charge is 2.33. The van der Waals surface area contributed by atoms with Crippen molar-refractivity contribution in [2.24, 2.45) is 17.4 Å². The molecule has 15 heteroatoms. The number of hydrogen-bond donors (Lipinski definition) is 8. The van der Waals surface area contributed by atoms with Crippen LogP contribution >= 0.6 is 11.3 Å². The summed E-state index contributed by atoms with van der Waals surface area (Å²) < 4.78 is 0.812. The van der Waals surface area contributed by atoms with Crippen LogP contribution in [0, 0.1) is 11.3 Å². The molecule has 0 radical (unpaired) electrons. The molecule has 0 aliphatic carbocycles. The highest BCUT2D eigenvalue weighted by Crippen LogP contribution is 2.23. The highest BCUT2D eigenvalue weighted by molar-refractivity contribution is 7.20. The Morgan fingerprint density at radius 2 is 1.89 bits per heavy atom. The van der Waals surface area contributed by atoms with Crippen LogP contribution in [-0.4, -0.2) is 77.6 Å². The molecule has 14 nitrogen and oxygen atoms in total. The molecule has 0 spiro atoms. The number of aromatic nitrogens is 1. The Kier molecular flexibility index (Phi) is 13.0. The van der Waals surface area contributed by atoms with Crippen molar-refractivity contribution in [3.05, 3.63) is 29.3 Å². The molecule has 1 aliphatic heterocycles. The van der Waals surface area contributed by atoms with Crippen LogP contribution in [0.2, 0.25) is 0 Å². The SMILES string of the molecule is CC(C)C[C@@H]1NC(=O)[C@@H](N)CCCCNC(=O)C[C@@H](C(=O)N[C@@H](CCCNC(=N)N)C(=O)c2nc3ccccc3s2)NC1=O. The molecule has 2 heterocycles. The van der Waals surface area contributed by atoms with E-state index in [1.54, 1.807) is 6.07 Å². The third-order valence-corrected chi connectivity index (χ3v) is 8.14. The maximum Gasteiger partial charge on any atom is 0.243 e. The number of carbonyl (C=O) groups excluding carboxylic acids is 5. The van der Waals surface area contributed by atoms with E-state index >= 15 is 0 Å². The van der Waals surface area contributed by atoms with Crippen molar-refractivity contribution in [3.8, 4) is 0 Å². The number of nitrogens with one attached hydrogen (secondary N) is 6. The van der Waals surface area contributed by atoms with E-state index in [0.29, 0.717) is 37.7 Å². The third kappa shape index (κ3) is 10.6. The summed E-state index contributed by atoms with van der Waals surface area (Å²) in [7, 11) is 0. The van der Waals surface area contributed by atoms with Gasteiger partial charge in [0.2, 0.25) is 29.4 Å². The molecule has 0 unspecified atom stereocenters. The number of amides is 4. The van der Waals surface area contributed by atoms with Gasteiger partial charge in [0, 0.05) is 13.1 Å². The first-order valence-electron chi connectivity index (χ1n) is 14.9. The van der Waals surface area contributed by atoms with Gasteiger partial charge in [0.1, 0.15) is 12.1 Å². The van der Waals surface area contributed by atoms with Crippen LogP contribution in [0.25, 0.3) is 10.2 Å². The van der Waals surface area contributed by atoms with Crippen molar-refractivity contribution in [1.82, 2.24) is 31.6 Å². The number of benzene rings is 1. The van der Waals surface area contributed by atoms with E-state index in [4.69, 9.17) is 16.9 Å². The average Bonchev–Trinajstić information content (AvgIpc) is 3.40. The number of rotatable bonds is 10. The Bertz CT molecular complexity index is 1310. The van der Waals surface area contributed by atoms with Gasteiger partial charge in [-0.2, -0.15) is 0 Å². The zero-order valence-electron chi connectivity index (χ0n) is 25.1. The lowest BCUT2D eigenvalue weighted by atomic mass is 10.0. The zero-order chi connectivity index (χ0) is 32.2. The number of thiazole rings is 1. The van der Waals surface area contributed by atoms with Crippen molar-refractivity contribution in [2.45, 2.75) is 83.0 Å². The van der Waals surface area contributed by atoms with E-state index in [9.17, 15) is 24.0 Å². The van der Waals surface area contributed by atoms with Crippen molar-refractivity contribution >= 4 is 56.9 Å². The molecular weight excluding hydrogens is 586 g/mol. The van der Waals surface area contributed by atoms with E-state index in [0.717, 1.165) is 4.70 Å². The van der Waals surface area contributed by atoms with Crippen LogP contribution in [-0.2, 0) is 19.2 Å². The number of hydrogen-bond acceptors (Lipinski definition) is 9. The van der Waals surface area contributed by atoms with E-state index in [1.165, 1.54) is 11.3 Å². The van der Waals surface area contributed by atoms with Gasteiger partial charge in [-0.25, -0.2) is 4.98 Å². The Morgan fingerprint density at radius 1 is 1.14 bits per heavy atom. The first-order chi connectivity index (χ1) is 20.9. The second kappa shape index (κ2) is 16.7. The molecule has 0 saturated carbocycles. The molecule has 44 heavy (non-hydrogen) atoms. The van der Waals surface area contributed by atoms with Crippen LogP contribution in [0.15, 0.2) is 24.3 Å². The summed E-state index contributed by atoms with van der Waals surface area (Å²) in [5, 5.41) is 21.1. The van der Waals surface area contributed by atoms with Gasteiger partial charge in [0.25, 0.3) is 0 Å². The predicted molar refractivity (Wildman–Crippen MR) is 168 cm³/mol. The summed E-state index contributed by atoms with van der Waals surface area (Å²) >= 11 is 1.20. The van der Waals surface area contributed by atoms with Crippen LogP contribution in [0.4, 0.5) is 0 Å². The average molecular weight is 630 g/mol. The minimum atomic E-state index is -1.33. The first-order valence-corrected chi connectivity index (χ1v) is 15.7. The van der Waals surface area contributed by atoms with E-state index in [1.807, 2.05) is 32.0 Å². The lowest BCUT2D eigenvalue weighted by molar-refractivity contribution is -0.134. The summed E-state index contributed by atoms with van der Waals surface area (Å²) in [6.45, 7) is 4.38. The fraction of sp³-hybridized carbons (Fsp3) is 0.552. The van der Waals surface area contributed by atoms with Gasteiger partial charge in [-0.1, -0.05) is 26.0 Å². The molecular formula is C29H43N9O5S. The molecule has 3 rings (SSSR count). The zero-order valence-corrected chi connectivity index (χ0v) is 25.9. The molecule has 10 N–H and O–H groups in total. The third-order valence-electron chi connectivity index (χ3n) is 7.09. The summed E-state index contributed by atoms with van der Waals surface area (Å²) in [5.74, 6) is -2.89. The Hall–Kier alpha value is -4.11. The molecule has 1 aromatic carbocycles. The van der Waals surface area contributed by atoms with Crippen molar-refractivity contribution < 1.29 is 24.0 Å². The van der Waals surface area contributed by atoms with Crippen molar-refractivity contribution in [2.75, 3.05) is 13.1 Å². The lowest BCUT2D eigenvalue weighted by Crippen LogP contribution is -2.58. The largest absolute Gasteiger partial charge is 0.370 e. The maximum atomic E-state index is 13.7. The molecule has 2 aromatic rings. The van der Waals surface area contributed by atoms with Crippen molar-refractivity contribution in [3.63, 3.8) is 0 Å². The second-order valence-corrected chi connectivity index (χ2v) is 12.3. The minimum absolute atomic E-state index is 0.0242. The number of ketones is 1. The van der Waals surface area contributed by atoms with E-state index < -0.39 is 53.6 Å². The van der Waals surface area contributed by atoms with E-state index in [-0.39, 0.29) is 42.7 Å². The van der Waals surface area contributed by atoms with Gasteiger partial charge in [-0.3, -0.25) is 29.4 Å². The number of para-hydroxylation sites is 1. The maximum absolute atomic E-state index is 13.7. The topological polar surface area (TPSA) is 234 Å². The molecule has 4 amide bonds. The Morgan fingerprint density at radius 3 is 2.59 bits per heavy atom. The lowest BCUT2D eigenvalue weighted by Gasteiger charge is -2.26. The molecule has 4 atom stereocenters. The summed E-state index contributed by atoms with van der Waals surface area (Å²) in [5.41, 5.74) is 12.1. The molecule has 1 fully saturated rings. The van der Waals surface area contributed by atoms with Crippen molar-refractivity contribution in [1.29, 1.82) is 5.41 Å². The minimum Gasteiger partial charge on any atom is -0.370 e. The quantitative estimate of drug-likeness (QED) is 0.0778. The van der Waals surface area contributed by atoms with Gasteiger partial charge in [0.05, 0.1) is 28.7 Å². The van der Waals surface area contributed by atoms with Gasteiger partial charge in [-0.15, -0.1) is 11.3 Å². The number of Topliss-reactive ketones (excluding diaryl/α,β-unsaturated/α-hetero) is 1. The standard InChI is InChI=1S/C29H43N9O5S/c1-16(2)14-20-26(42)37-21(15-23(39)33-12-6-5-8-17(30)25(41)36-20)27(43)35-19(10-7-13-34-29(31)32)24(40)28-38-18-9-3-4-11-22(18)44-28/h3-4,9,11,16-17,19-21H,5-8,10,12-15,30H2,1-2H3,(H,33,39)(H,35,43)(H,36,41)(H,37,42)(H4,31,32,34)/t17-,19-,20-,21-/m0/s1. The van der Waals surface area contributed by atoms with Gasteiger partial charge in [-0.05, 0) is 56.6 Å². The molecule has 0 bridgehead atoms. The van der Waals surface area contributed by atoms with Gasteiger partial charge in [0.15, 0.2) is 11.0 Å². The summed E-state index contributed by atoms with van der Waals surface area (Å²) in [6.07, 6.45) is 2.04. The number of nitrogens with zero attached hydrogens (tertiary/aromatic N) is 1. The normalized spacial score (nSPS) is 21.0. The van der Waals surface area contributed by atoms with Crippen LogP contribution in [0.1, 0.15) is 68.6 Å². The van der Waals surface area contributed by atoms with Crippen LogP contribution in [0.3, 0.4) is 0 Å². The highest BCUT2D eigenvalue weighted by atomic mass is 32.1. The second-order valence-electron chi connectivity index (χ2n) is 11.3. The van der Waals surface area contributed by atoms with Gasteiger partial charge < -0.3 is 38.1 Å². The number of guanidine groups is 1. The Balaban J connectivity index is 1.85. The molecule has 1 saturated heterocycles. The monoisotopic (exact) mass is 629 g/mol. The van der Waals surface area contributed by atoms with Crippen LogP contribution < -0.4 is 38.1 Å². The molecule has 1 aliphatic rings. The smallest absolute Gasteiger partial charge is 0.243 e. The Labute approximate surface area is 260 Å². The number of carbonyl (C=O) groups is 5. The summed E-state index contributed by atoms with van der Waals surface area (Å²) in [6, 6.07) is 3.12. The number of fused-ring (bicyclic) bond motifs is 1. The number of nitrogens with two attached hydrogens (primary N) is 2.